The van der Waals surface area contributed by atoms with Crippen LogP contribution in [0.3, 0.4) is 0 Å². The maximum Gasteiger partial charge on any atom is 0.295 e. The Balaban J connectivity index is 1.88. The molecule has 3 aromatic carbocycles. The monoisotopic (exact) mass is 477 g/mol. The van der Waals surface area contributed by atoms with Gasteiger partial charge < -0.3 is 19.8 Å². The molecule has 174 valence electrons. The minimum Gasteiger partial charge on any atom is -0.508 e. The molecule has 0 bridgehead atoms. The van der Waals surface area contributed by atoms with Crippen molar-refractivity contribution in [1.29, 1.82) is 0 Å². The molecule has 1 aliphatic rings. The largest absolute Gasteiger partial charge is 0.508 e. The summed E-state index contributed by atoms with van der Waals surface area (Å²) in [4.78, 5) is 27.9. The molecule has 0 saturated carbocycles. The summed E-state index contributed by atoms with van der Waals surface area (Å²) in [6.45, 7) is 4.09. The Kier molecular flexibility index (Phi) is 6.35. The maximum absolute atomic E-state index is 13.2. The summed E-state index contributed by atoms with van der Waals surface area (Å²) in [5, 5.41) is 21.2. The number of methoxy groups -OCH3 is 1. The number of Topliss-reactive ketones (excluding diaryl/α,β-unsaturated/α-hetero) is 1. The van der Waals surface area contributed by atoms with Crippen molar-refractivity contribution < 1.29 is 24.5 Å². The number of rotatable bonds is 5. The Morgan fingerprint density at radius 2 is 1.74 bits per heavy atom. The van der Waals surface area contributed by atoms with Gasteiger partial charge in [-0.3, -0.25) is 9.59 Å². The lowest BCUT2D eigenvalue weighted by Gasteiger charge is -2.26. The minimum atomic E-state index is -0.846. The van der Waals surface area contributed by atoms with E-state index < -0.39 is 17.7 Å². The van der Waals surface area contributed by atoms with Crippen LogP contribution in [-0.2, 0) is 16.1 Å². The predicted octanol–water partition coefficient (Wildman–Crippen LogP) is 5.29. The molecular weight excluding hydrogens is 454 g/mol. The molecule has 0 aliphatic carbocycles. The van der Waals surface area contributed by atoms with Crippen molar-refractivity contribution in [3.63, 3.8) is 0 Å². The van der Waals surface area contributed by atoms with Crippen LogP contribution in [-0.4, -0.2) is 33.9 Å². The molecule has 6 nitrogen and oxygen atoms in total. The lowest BCUT2D eigenvalue weighted by atomic mass is 9.95. The van der Waals surface area contributed by atoms with Crippen LogP contribution < -0.4 is 4.74 Å². The van der Waals surface area contributed by atoms with Gasteiger partial charge in [-0.1, -0.05) is 47.5 Å². The van der Waals surface area contributed by atoms with Crippen LogP contribution in [0.5, 0.6) is 11.5 Å². The molecule has 4 rings (SSSR count). The average Bonchev–Trinajstić information content (AvgIpc) is 3.06. The van der Waals surface area contributed by atoms with Crippen LogP contribution in [0.15, 0.2) is 66.2 Å². The van der Waals surface area contributed by atoms with Gasteiger partial charge in [0.2, 0.25) is 0 Å². The van der Waals surface area contributed by atoms with Crippen LogP contribution in [0.25, 0.3) is 5.76 Å². The number of aryl methyl sites for hydroxylation is 2. The Labute approximate surface area is 202 Å². The lowest BCUT2D eigenvalue weighted by molar-refractivity contribution is -0.140. The molecule has 3 aromatic rings. The zero-order chi connectivity index (χ0) is 24.6. The second kappa shape index (κ2) is 9.23. The Morgan fingerprint density at radius 3 is 2.38 bits per heavy atom. The van der Waals surface area contributed by atoms with Crippen molar-refractivity contribution in [2.24, 2.45) is 0 Å². The van der Waals surface area contributed by atoms with Crippen LogP contribution in [0.4, 0.5) is 0 Å². The highest BCUT2D eigenvalue weighted by molar-refractivity contribution is 6.46. The van der Waals surface area contributed by atoms with Crippen LogP contribution in [0.1, 0.15) is 33.9 Å². The van der Waals surface area contributed by atoms with Gasteiger partial charge in [-0.25, -0.2) is 0 Å². The summed E-state index contributed by atoms with van der Waals surface area (Å²) < 4.78 is 5.17. The first kappa shape index (κ1) is 23.4. The zero-order valence-electron chi connectivity index (χ0n) is 19.0. The standard InChI is InChI=1S/C27H24ClNO5/c1-15-4-5-16(2)19(12-15)14-29-24(17-6-9-20(30)10-7-17)23(26(32)27(29)33)25(31)18-8-11-22(34-3)21(28)13-18/h4-13,24,30-31H,14H2,1-3H3/b25-23-. The van der Waals surface area contributed by atoms with E-state index in [9.17, 15) is 19.8 Å². The second-order valence-corrected chi connectivity index (χ2v) is 8.70. The molecule has 0 spiro atoms. The number of aromatic hydroxyl groups is 1. The van der Waals surface area contributed by atoms with Crippen LogP contribution >= 0.6 is 11.6 Å². The number of aliphatic hydroxyl groups excluding tert-OH is 1. The van der Waals surface area contributed by atoms with Gasteiger partial charge in [0.05, 0.1) is 23.7 Å². The summed E-state index contributed by atoms with van der Waals surface area (Å²) in [6, 6.07) is 16.0. The van der Waals surface area contributed by atoms with E-state index in [4.69, 9.17) is 16.3 Å². The number of aliphatic hydroxyl groups is 1. The minimum absolute atomic E-state index is 0.0396. The van der Waals surface area contributed by atoms with E-state index in [1.165, 1.54) is 30.2 Å². The van der Waals surface area contributed by atoms with E-state index in [1.54, 1.807) is 24.3 Å². The van der Waals surface area contributed by atoms with Gasteiger partial charge >= 0.3 is 0 Å². The fourth-order valence-electron chi connectivity index (χ4n) is 4.17. The Bertz CT molecular complexity index is 1310. The van der Waals surface area contributed by atoms with Crippen molar-refractivity contribution in [2.75, 3.05) is 7.11 Å². The van der Waals surface area contributed by atoms with Gasteiger partial charge in [0.25, 0.3) is 11.7 Å². The number of halogens is 1. The molecule has 0 radical (unpaired) electrons. The Morgan fingerprint density at radius 1 is 1.03 bits per heavy atom. The zero-order valence-corrected chi connectivity index (χ0v) is 19.8. The van der Waals surface area contributed by atoms with Crippen molar-refractivity contribution in [3.05, 3.63) is 99.1 Å². The number of hydrogen-bond donors (Lipinski definition) is 2. The number of nitrogens with zero attached hydrogens (tertiary/aromatic N) is 1. The molecule has 1 saturated heterocycles. The third-order valence-electron chi connectivity index (χ3n) is 6.02. The molecule has 1 fully saturated rings. The summed E-state index contributed by atoms with van der Waals surface area (Å²) in [5.74, 6) is -1.35. The highest BCUT2D eigenvalue weighted by Crippen LogP contribution is 2.41. The van der Waals surface area contributed by atoms with Crippen molar-refractivity contribution in [1.82, 2.24) is 4.90 Å². The fourth-order valence-corrected chi connectivity index (χ4v) is 4.43. The lowest BCUT2D eigenvalue weighted by Crippen LogP contribution is -2.29. The van der Waals surface area contributed by atoms with Gasteiger partial charge in [0.15, 0.2) is 0 Å². The van der Waals surface area contributed by atoms with Crippen molar-refractivity contribution in [3.8, 4) is 11.5 Å². The number of ketones is 1. The predicted molar refractivity (Wildman–Crippen MR) is 130 cm³/mol. The molecule has 34 heavy (non-hydrogen) atoms. The summed E-state index contributed by atoms with van der Waals surface area (Å²) in [5.41, 5.74) is 3.76. The Hall–Kier alpha value is -3.77. The highest BCUT2D eigenvalue weighted by Gasteiger charge is 2.46. The number of carbonyl (C=O) groups is 2. The number of phenols is 1. The normalized spacial score (nSPS) is 17.3. The van der Waals surface area contributed by atoms with Gasteiger partial charge in [-0.2, -0.15) is 0 Å². The molecule has 0 aromatic heterocycles. The van der Waals surface area contributed by atoms with E-state index in [1.807, 2.05) is 32.0 Å². The third-order valence-corrected chi connectivity index (χ3v) is 6.31. The molecule has 1 unspecified atom stereocenters. The third kappa shape index (κ3) is 4.24. The first-order chi connectivity index (χ1) is 16.2. The van der Waals surface area contributed by atoms with E-state index in [-0.39, 0.29) is 28.6 Å². The highest BCUT2D eigenvalue weighted by atomic mass is 35.5. The van der Waals surface area contributed by atoms with Crippen LogP contribution in [0.2, 0.25) is 5.02 Å². The van der Waals surface area contributed by atoms with E-state index in [0.29, 0.717) is 16.9 Å². The number of carbonyl (C=O) groups excluding carboxylic acids is 2. The number of likely N-dealkylation sites (tertiary alicyclic amines) is 1. The molecule has 1 atom stereocenters. The number of amides is 1. The summed E-state index contributed by atoms with van der Waals surface area (Å²) >= 11 is 6.24. The topological polar surface area (TPSA) is 87.1 Å². The number of benzene rings is 3. The molecule has 1 aliphatic heterocycles. The number of ether oxygens (including phenoxy) is 1. The average molecular weight is 478 g/mol. The molecule has 1 amide bonds. The van der Waals surface area contributed by atoms with Crippen molar-refractivity contribution in [2.45, 2.75) is 26.4 Å². The van der Waals surface area contributed by atoms with Gasteiger partial charge in [-0.05, 0) is 60.9 Å². The van der Waals surface area contributed by atoms with E-state index >= 15 is 0 Å². The molecule has 1 heterocycles. The quantitative estimate of drug-likeness (QED) is 0.296. The molecule has 2 N–H and O–H groups in total. The smallest absolute Gasteiger partial charge is 0.295 e. The summed E-state index contributed by atoms with van der Waals surface area (Å²) in [7, 11) is 1.48. The maximum atomic E-state index is 13.2. The molecule has 7 heteroatoms. The number of hydrogen-bond acceptors (Lipinski definition) is 5. The second-order valence-electron chi connectivity index (χ2n) is 8.30. The van der Waals surface area contributed by atoms with E-state index in [2.05, 4.69) is 0 Å². The summed E-state index contributed by atoms with van der Waals surface area (Å²) in [6.07, 6.45) is 0. The molecular formula is C27H24ClNO5. The number of phenolic OH excluding ortho intramolecular Hbond substituents is 1. The van der Waals surface area contributed by atoms with Crippen molar-refractivity contribution >= 4 is 29.1 Å². The first-order valence-corrected chi connectivity index (χ1v) is 11.1. The first-order valence-electron chi connectivity index (χ1n) is 10.7. The van der Waals surface area contributed by atoms with Gasteiger partial charge in [0.1, 0.15) is 17.3 Å². The fraction of sp³-hybridized carbons (Fsp3) is 0.185. The van der Waals surface area contributed by atoms with E-state index in [0.717, 1.165) is 16.7 Å². The van der Waals surface area contributed by atoms with Gasteiger partial charge in [0, 0.05) is 12.1 Å². The van der Waals surface area contributed by atoms with Gasteiger partial charge in [-0.15, -0.1) is 0 Å². The SMILES string of the molecule is COc1ccc(/C(O)=C2/C(=O)C(=O)N(Cc3cc(C)ccc3C)C2c2ccc(O)cc2)cc1Cl. The van der Waals surface area contributed by atoms with Crippen LogP contribution in [0, 0.1) is 13.8 Å².